The first-order chi connectivity index (χ1) is 17.9. The fourth-order valence-corrected chi connectivity index (χ4v) is 5.82. The second-order valence-corrected chi connectivity index (χ2v) is 10.8. The normalized spacial score (nSPS) is 14.6. The van der Waals surface area contributed by atoms with E-state index in [9.17, 15) is 9.59 Å². The summed E-state index contributed by atoms with van der Waals surface area (Å²) in [7, 11) is 0. The number of benzene rings is 4. The minimum atomic E-state index is -0.387. The van der Waals surface area contributed by atoms with Gasteiger partial charge in [-0.1, -0.05) is 54.1 Å². The Morgan fingerprint density at radius 2 is 1.76 bits per heavy atom. The molecule has 0 spiro atoms. The van der Waals surface area contributed by atoms with Gasteiger partial charge in [0.05, 0.1) is 20.8 Å². The Bertz CT molecular complexity index is 1550. The summed E-state index contributed by atoms with van der Waals surface area (Å²) in [6.45, 7) is 2.75. The molecule has 1 aliphatic rings. The second kappa shape index (κ2) is 11.2. The Morgan fingerprint density at radius 1 is 0.946 bits per heavy atom. The summed E-state index contributed by atoms with van der Waals surface area (Å²) in [5, 5.41) is 2.43. The second-order valence-electron chi connectivity index (χ2n) is 8.23. The fourth-order valence-electron chi connectivity index (χ4n) is 4.02. The van der Waals surface area contributed by atoms with Crippen molar-refractivity contribution in [3.63, 3.8) is 0 Å². The van der Waals surface area contributed by atoms with Crippen LogP contribution < -0.4 is 14.4 Å². The summed E-state index contributed by atoms with van der Waals surface area (Å²) in [5.41, 5.74) is 2.23. The quantitative estimate of drug-likeness (QED) is 0.150. The third kappa shape index (κ3) is 5.63. The van der Waals surface area contributed by atoms with Crippen LogP contribution in [0, 0.1) is 3.57 Å². The average Bonchev–Trinajstić information content (AvgIpc) is 3.16. The first-order valence-corrected chi connectivity index (χ1v) is 13.8. The predicted octanol–water partition coefficient (Wildman–Crippen LogP) is 8.32. The Kier molecular flexibility index (Phi) is 7.73. The lowest BCUT2D eigenvalue weighted by molar-refractivity contribution is -0.113. The van der Waals surface area contributed by atoms with Crippen LogP contribution in [0.4, 0.5) is 10.5 Å². The average molecular weight is 642 g/mol. The molecule has 1 fully saturated rings. The van der Waals surface area contributed by atoms with E-state index in [-0.39, 0.29) is 11.1 Å². The molecule has 1 aliphatic heterocycles. The minimum Gasteiger partial charge on any atom is -0.490 e. The zero-order chi connectivity index (χ0) is 25.9. The van der Waals surface area contributed by atoms with Gasteiger partial charge in [0.2, 0.25) is 0 Å². The number of thioether (sulfide) groups is 1. The molecular weight excluding hydrogens is 621 g/mol. The molecule has 0 aliphatic carbocycles. The number of carbonyl (C=O) groups excluding carboxylic acids is 2. The van der Waals surface area contributed by atoms with Crippen LogP contribution in [0.1, 0.15) is 18.1 Å². The highest BCUT2D eigenvalue weighted by molar-refractivity contribution is 14.1. The van der Waals surface area contributed by atoms with Crippen LogP contribution in [-0.4, -0.2) is 17.8 Å². The van der Waals surface area contributed by atoms with Crippen LogP contribution in [0.2, 0.25) is 5.02 Å². The number of ether oxygens (including phenoxy) is 2. The maximum absolute atomic E-state index is 13.1. The summed E-state index contributed by atoms with van der Waals surface area (Å²) >= 11 is 9.16. The van der Waals surface area contributed by atoms with Crippen LogP contribution in [-0.2, 0) is 11.4 Å². The number of amides is 2. The molecule has 37 heavy (non-hydrogen) atoms. The van der Waals surface area contributed by atoms with Crippen molar-refractivity contribution in [1.82, 2.24) is 0 Å². The number of carbonyl (C=O) groups is 2. The van der Waals surface area contributed by atoms with Gasteiger partial charge in [-0.3, -0.25) is 9.59 Å². The van der Waals surface area contributed by atoms with Gasteiger partial charge < -0.3 is 9.47 Å². The molecule has 0 radical (unpaired) electrons. The van der Waals surface area contributed by atoms with Crippen molar-refractivity contribution >= 4 is 79.6 Å². The van der Waals surface area contributed by atoms with Gasteiger partial charge in [-0.05, 0) is 106 Å². The van der Waals surface area contributed by atoms with Crippen LogP contribution in [0.25, 0.3) is 16.8 Å². The molecule has 5 nitrogen and oxygen atoms in total. The zero-order valence-electron chi connectivity index (χ0n) is 19.7. The van der Waals surface area contributed by atoms with Crippen molar-refractivity contribution in [2.24, 2.45) is 0 Å². The number of imide groups is 1. The molecule has 0 N–H and O–H groups in total. The SMILES string of the molecule is CCOc1cc(/C=C2/SC(=O)N(c3cccc(Cl)c3)C2=O)cc(I)c1OCc1ccc2ccccc2c1. The van der Waals surface area contributed by atoms with E-state index in [4.69, 9.17) is 21.1 Å². The molecule has 8 heteroatoms. The number of nitrogens with zero attached hydrogens (tertiary/aromatic N) is 1. The molecule has 186 valence electrons. The van der Waals surface area contributed by atoms with E-state index in [1.165, 1.54) is 5.39 Å². The maximum atomic E-state index is 13.1. The molecule has 0 bridgehead atoms. The lowest BCUT2D eigenvalue weighted by Crippen LogP contribution is -2.27. The van der Waals surface area contributed by atoms with Crippen molar-refractivity contribution in [3.8, 4) is 11.5 Å². The summed E-state index contributed by atoms with van der Waals surface area (Å²) in [5.74, 6) is 0.831. The Morgan fingerprint density at radius 3 is 2.54 bits per heavy atom. The molecule has 2 amide bonds. The highest BCUT2D eigenvalue weighted by Crippen LogP contribution is 2.39. The molecule has 0 atom stereocenters. The predicted molar refractivity (Wildman–Crippen MR) is 159 cm³/mol. The third-order valence-corrected chi connectivity index (χ3v) is 7.59. The highest BCUT2D eigenvalue weighted by Gasteiger charge is 2.36. The Balaban J connectivity index is 1.40. The van der Waals surface area contributed by atoms with Crippen molar-refractivity contribution in [2.45, 2.75) is 13.5 Å². The topological polar surface area (TPSA) is 55.8 Å². The molecule has 4 aromatic carbocycles. The number of fused-ring (bicyclic) bond motifs is 1. The monoisotopic (exact) mass is 641 g/mol. The lowest BCUT2D eigenvalue weighted by Gasteiger charge is -2.15. The fraction of sp³-hybridized carbons (Fsp3) is 0.103. The number of anilines is 1. The number of hydrogen-bond acceptors (Lipinski definition) is 5. The highest BCUT2D eigenvalue weighted by atomic mass is 127. The van der Waals surface area contributed by atoms with E-state index in [1.54, 1.807) is 30.3 Å². The lowest BCUT2D eigenvalue weighted by atomic mass is 10.1. The van der Waals surface area contributed by atoms with Crippen molar-refractivity contribution in [3.05, 3.63) is 103 Å². The maximum Gasteiger partial charge on any atom is 0.298 e. The van der Waals surface area contributed by atoms with Crippen molar-refractivity contribution < 1.29 is 19.1 Å². The van der Waals surface area contributed by atoms with Gasteiger partial charge in [0.1, 0.15) is 6.61 Å². The summed E-state index contributed by atoms with van der Waals surface area (Å²) < 4.78 is 12.9. The number of hydrogen-bond donors (Lipinski definition) is 0. The van der Waals surface area contributed by atoms with E-state index < -0.39 is 0 Å². The minimum absolute atomic E-state index is 0.327. The summed E-state index contributed by atoms with van der Waals surface area (Å²) in [4.78, 5) is 27.2. The largest absolute Gasteiger partial charge is 0.490 e. The van der Waals surface area contributed by atoms with Crippen LogP contribution >= 0.6 is 46.0 Å². The number of rotatable bonds is 7. The Labute approximate surface area is 237 Å². The van der Waals surface area contributed by atoms with Gasteiger partial charge in [0, 0.05) is 5.02 Å². The first kappa shape index (κ1) is 25.6. The van der Waals surface area contributed by atoms with Gasteiger partial charge >= 0.3 is 0 Å². The van der Waals surface area contributed by atoms with Crippen LogP contribution in [0.15, 0.2) is 83.8 Å². The van der Waals surface area contributed by atoms with Crippen LogP contribution in [0.5, 0.6) is 11.5 Å². The molecular formula is C29H21ClINO4S. The van der Waals surface area contributed by atoms with E-state index in [2.05, 4.69) is 52.9 Å². The zero-order valence-corrected chi connectivity index (χ0v) is 23.5. The summed E-state index contributed by atoms with van der Waals surface area (Å²) in [6, 6.07) is 24.9. The van der Waals surface area contributed by atoms with E-state index >= 15 is 0 Å². The van der Waals surface area contributed by atoms with Gasteiger partial charge in [-0.15, -0.1) is 0 Å². The van der Waals surface area contributed by atoms with Gasteiger partial charge in [0.15, 0.2) is 11.5 Å². The molecule has 0 aromatic heterocycles. The first-order valence-electron chi connectivity index (χ1n) is 11.5. The van der Waals surface area contributed by atoms with Gasteiger partial charge in [0.25, 0.3) is 11.1 Å². The van der Waals surface area contributed by atoms with Gasteiger partial charge in [-0.2, -0.15) is 0 Å². The third-order valence-electron chi connectivity index (χ3n) is 5.69. The molecule has 5 rings (SSSR count). The van der Waals surface area contributed by atoms with Crippen LogP contribution in [0.3, 0.4) is 0 Å². The van der Waals surface area contributed by atoms with Crippen molar-refractivity contribution in [1.29, 1.82) is 0 Å². The number of halogens is 2. The smallest absolute Gasteiger partial charge is 0.298 e. The molecule has 1 heterocycles. The molecule has 4 aromatic rings. The van der Waals surface area contributed by atoms with E-state index in [1.807, 2.05) is 31.2 Å². The van der Waals surface area contributed by atoms with Crippen molar-refractivity contribution in [2.75, 3.05) is 11.5 Å². The molecule has 0 unspecified atom stereocenters. The standard InChI is InChI=1S/C29H21ClINO4S/c1-2-35-25-14-19(15-26-28(33)32(29(34)37-26)23-9-5-8-22(30)16-23)13-24(31)27(25)36-17-18-10-11-20-6-3-4-7-21(20)12-18/h3-16H,2,17H2,1H3/b26-15+. The molecule has 0 saturated carbocycles. The van der Waals surface area contributed by atoms with E-state index in [0.717, 1.165) is 36.7 Å². The summed E-state index contributed by atoms with van der Waals surface area (Å²) in [6.07, 6.45) is 1.70. The molecule has 1 saturated heterocycles. The van der Waals surface area contributed by atoms with Gasteiger partial charge in [-0.25, -0.2) is 4.90 Å². The Hall–Kier alpha value is -3.01. The van der Waals surface area contributed by atoms with E-state index in [0.29, 0.717) is 40.3 Å².